The summed E-state index contributed by atoms with van der Waals surface area (Å²) in [5.41, 5.74) is 0.568. The van der Waals surface area contributed by atoms with Crippen molar-refractivity contribution in [1.29, 1.82) is 0 Å². The van der Waals surface area contributed by atoms with Crippen LogP contribution in [0.5, 0.6) is 0 Å². The van der Waals surface area contributed by atoms with Crippen molar-refractivity contribution in [3.05, 3.63) is 39.3 Å². The standard InChI is InChI=1S/C11H13ClN6O3/c1-2-16-6-8(12)9(14-16)5-13-11(19)7-17-4-3-10(15-17)18(20)21/h3-4,6H,2,5,7H2,1H3,(H,13,19). The molecule has 2 aromatic rings. The van der Waals surface area contributed by atoms with Gasteiger partial charge in [0.25, 0.3) is 0 Å². The Labute approximate surface area is 124 Å². The largest absolute Gasteiger partial charge is 0.389 e. The van der Waals surface area contributed by atoms with E-state index in [2.05, 4.69) is 15.5 Å². The van der Waals surface area contributed by atoms with Crippen molar-refractivity contribution in [2.45, 2.75) is 26.6 Å². The zero-order chi connectivity index (χ0) is 15.4. The molecule has 9 nitrogen and oxygen atoms in total. The quantitative estimate of drug-likeness (QED) is 0.631. The summed E-state index contributed by atoms with van der Waals surface area (Å²) in [5, 5.41) is 21.4. The van der Waals surface area contributed by atoms with E-state index in [4.69, 9.17) is 11.6 Å². The van der Waals surface area contributed by atoms with Crippen LogP contribution in [0.2, 0.25) is 5.02 Å². The molecule has 0 atom stereocenters. The van der Waals surface area contributed by atoms with Crippen LogP contribution in [0.1, 0.15) is 12.6 Å². The van der Waals surface area contributed by atoms with Gasteiger partial charge in [0.1, 0.15) is 12.2 Å². The lowest BCUT2D eigenvalue weighted by molar-refractivity contribution is -0.389. The number of aryl methyl sites for hydroxylation is 1. The predicted octanol–water partition coefficient (Wildman–Crippen LogP) is 0.977. The van der Waals surface area contributed by atoms with Gasteiger partial charge in [-0.05, 0) is 11.8 Å². The van der Waals surface area contributed by atoms with Crippen molar-refractivity contribution in [1.82, 2.24) is 24.9 Å². The molecule has 1 N–H and O–H groups in total. The Balaban J connectivity index is 1.89. The summed E-state index contributed by atoms with van der Waals surface area (Å²) in [4.78, 5) is 21.6. The highest BCUT2D eigenvalue weighted by Crippen LogP contribution is 2.13. The third-order valence-electron chi connectivity index (χ3n) is 2.68. The fourth-order valence-electron chi connectivity index (χ4n) is 1.64. The highest BCUT2D eigenvalue weighted by molar-refractivity contribution is 6.31. The number of carbonyl (C=O) groups excluding carboxylic acids is 1. The fraction of sp³-hybridized carbons (Fsp3) is 0.364. The minimum atomic E-state index is -0.619. The van der Waals surface area contributed by atoms with E-state index in [1.807, 2.05) is 6.92 Å². The van der Waals surface area contributed by atoms with E-state index in [1.165, 1.54) is 16.9 Å². The van der Waals surface area contributed by atoms with E-state index in [0.717, 1.165) is 0 Å². The second-order valence-electron chi connectivity index (χ2n) is 4.18. The molecule has 0 aliphatic heterocycles. The minimum Gasteiger partial charge on any atom is -0.358 e. The van der Waals surface area contributed by atoms with Crippen molar-refractivity contribution < 1.29 is 9.72 Å². The van der Waals surface area contributed by atoms with Gasteiger partial charge in [0.15, 0.2) is 0 Å². The molecule has 0 radical (unpaired) electrons. The van der Waals surface area contributed by atoms with Crippen LogP contribution >= 0.6 is 11.6 Å². The average molecular weight is 313 g/mol. The van der Waals surface area contributed by atoms with E-state index >= 15 is 0 Å². The molecule has 10 heteroatoms. The van der Waals surface area contributed by atoms with Gasteiger partial charge in [-0.25, -0.2) is 0 Å². The summed E-state index contributed by atoms with van der Waals surface area (Å²) in [7, 11) is 0. The first-order chi connectivity index (χ1) is 9.99. The second kappa shape index (κ2) is 6.35. The topological polar surface area (TPSA) is 108 Å². The Bertz CT molecular complexity index is 665. The molecule has 0 fully saturated rings. The lowest BCUT2D eigenvalue weighted by Gasteiger charge is -2.02. The normalized spacial score (nSPS) is 10.6. The Hall–Kier alpha value is -2.42. The van der Waals surface area contributed by atoms with Gasteiger partial charge in [-0.1, -0.05) is 11.6 Å². The van der Waals surface area contributed by atoms with Gasteiger partial charge in [-0.15, -0.1) is 0 Å². The summed E-state index contributed by atoms with van der Waals surface area (Å²) >= 11 is 5.98. The molecule has 0 saturated heterocycles. The van der Waals surface area contributed by atoms with E-state index in [1.54, 1.807) is 10.9 Å². The van der Waals surface area contributed by atoms with Crippen LogP contribution in [0.4, 0.5) is 5.82 Å². The maximum absolute atomic E-state index is 11.7. The van der Waals surface area contributed by atoms with Gasteiger partial charge in [0.05, 0.1) is 28.9 Å². The molecule has 21 heavy (non-hydrogen) atoms. The number of halogens is 1. The molecule has 2 heterocycles. The Kier molecular flexibility index (Phi) is 4.53. The lowest BCUT2D eigenvalue weighted by Crippen LogP contribution is -2.27. The average Bonchev–Trinajstić information content (AvgIpc) is 3.03. The number of rotatable bonds is 6. The summed E-state index contributed by atoms with van der Waals surface area (Å²) in [6.45, 7) is 2.69. The predicted molar refractivity (Wildman–Crippen MR) is 73.6 cm³/mol. The minimum absolute atomic E-state index is 0.111. The van der Waals surface area contributed by atoms with Gasteiger partial charge in [-0.3, -0.25) is 9.48 Å². The van der Waals surface area contributed by atoms with Crippen molar-refractivity contribution in [2.24, 2.45) is 0 Å². The monoisotopic (exact) mass is 312 g/mol. The van der Waals surface area contributed by atoms with E-state index in [-0.39, 0.29) is 24.8 Å². The molecule has 2 rings (SSSR count). The summed E-state index contributed by atoms with van der Waals surface area (Å²) in [6, 6.07) is 1.23. The maximum Gasteiger partial charge on any atom is 0.389 e. The van der Waals surface area contributed by atoms with E-state index in [9.17, 15) is 14.9 Å². The van der Waals surface area contributed by atoms with Crippen LogP contribution in [0.15, 0.2) is 18.5 Å². The van der Waals surface area contributed by atoms with E-state index in [0.29, 0.717) is 17.3 Å². The van der Waals surface area contributed by atoms with Crippen LogP contribution in [0, 0.1) is 10.1 Å². The first-order valence-electron chi connectivity index (χ1n) is 6.16. The van der Waals surface area contributed by atoms with Gasteiger partial charge in [-0.2, -0.15) is 9.78 Å². The molecule has 0 aliphatic rings. The van der Waals surface area contributed by atoms with Crippen molar-refractivity contribution in [3.63, 3.8) is 0 Å². The number of carbonyl (C=O) groups is 1. The van der Waals surface area contributed by atoms with Gasteiger partial charge in [0.2, 0.25) is 5.91 Å². The smallest absolute Gasteiger partial charge is 0.358 e. The van der Waals surface area contributed by atoms with Crippen molar-refractivity contribution in [3.8, 4) is 0 Å². The molecule has 0 spiro atoms. The van der Waals surface area contributed by atoms with Gasteiger partial charge >= 0.3 is 5.82 Å². The highest BCUT2D eigenvalue weighted by atomic mass is 35.5. The van der Waals surface area contributed by atoms with Crippen LogP contribution in [0.25, 0.3) is 0 Å². The van der Waals surface area contributed by atoms with Gasteiger partial charge in [0, 0.05) is 12.7 Å². The number of amides is 1. The molecule has 0 saturated carbocycles. The molecule has 2 aromatic heterocycles. The molecule has 0 aromatic carbocycles. The number of nitro groups is 1. The summed E-state index contributed by atoms with van der Waals surface area (Å²) < 4.78 is 2.86. The first kappa shape index (κ1) is 15.0. The maximum atomic E-state index is 11.7. The van der Waals surface area contributed by atoms with Crippen LogP contribution in [0.3, 0.4) is 0 Å². The fourth-order valence-corrected chi connectivity index (χ4v) is 1.86. The number of hydrogen-bond acceptors (Lipinski definition) is 5. The van der Waals surface area contributed by atoms with E-state index < -0.39 is 4.92 Å². The van der Waals surface area contributed by atoms with Crippen LogP contribution in [-0.2, 0) is 24.4 Å². The van der Waals surface area contributed by atoms with Crippen LogP contribution in [-0.4, -0.2) is 30.4 Å². The number of aromatic nitrogens is 4. The Morgan fingerprint density at radius 3 is 2.81 bits per heavy atom. The summed E-state index contributed by atoms with van der Waals surface area (Å²) in [6.07, 6.45) is 3.05. The lowest BCUT2D eigenvalue weighted by atomic mass is 10.4. The number of nitrogens with one attached hydrogen (secondary N) is 1. The van der Waals surface area contributed by atoms with Crippen molar-refractivity contribution in [2.75, 3.05) is 0 Å². The first-order valence-corrected chi connectivity index (χ1v) is 6.53. The number of hydrogen-bond donors (Lipinski definition) is 1. The number of nitrogens with zero attached hydrogens (tertiary/aromatic N) is 5. The zero-order valence-electron chi connectivity index (χ0n) is 11.2. The zero-order valence-corrected chi connectivity index (χ0v) is 11.9. The molecule has 112 valence electrons. The Morgan fingerprint density at radius 1 is 1.48 bits per heavy atom. The molecule has 1 amide bonds. The molecule has 0 bridgehead atoms. The molecule has 0 unspecified atom stereocenters. The third kappa shape index (κ3) is 3.78. The van der Waals surface area contributed by atoms with Crippen molar-refractivity contribution >= 4 is 23.3 Å². The molecule has 0 aliphatic carbocycles. The van der Waals surface area contributed by atoms with Crippen LogP contribution < -0.4 is 5.32 Å². The third-order valence-corrected chi connectivity index (χ3v) is 3.00. The molecular weight excluding hydrogens is 300 g/mol. The summed E-state index contributed by atoms with van der Waals surface area (Å²) in [5.74, 6) is -0.636. The SMILES string of the molecule is CCn1cc(Cl)c(CNC(=O)Cn2ccc([N+](=O)[O-])n2)n1. The Morgan fingerprint density at radius 2 is 2.24 bits per heavy atom. The highest BCUT2D eigenvalue weighted by Gasteiger charge is 2.14. The second-order valence-corrected chi connectivity index (χ2v) is 4.59. The molecular formula is C11H13ClN6O3. The van der Waals surface area contributed by atoms with Gasteiger partial charge < -0.3 is 15.4 Å².